The molecule has 0 radical (unpaired) electrons. The van der Waals surface area contributed by atoms with Crippen molar-refractivity contribution in [3.8, 4) is 0 Å². The summed E-state index contributed by atoms with van der Waals surface area (Å²) in [6.45, 7) is 5.34. The van der Waals surface area contributed by atoms with E-state index in [0.29, 0.717) is 5.92 Å². The first-order valence-electron chi connectivity index (χ1n) is 6.99. The standard InChI is InChI=1S/C16H24O4/c1-11(2)8-13-4-6-14(7-5-13)12(3)16(19)20-15(9-17)10-18/h4-7,11-12,15,17-18H,8-10H2,1-3H3/t12-/m0/s1. The molecule has 0 saturated carbocycles. The minimum absolute atomic E-state index is 0.373. The van der Waals surface area contributed by atoms with Gasteiger partial charge in [0.15, 0.2) is 0 Å². The number of esters is 1. The normalized spacial score (nSPS) is 12.8. The molecule has 4 heteroatoms. The van der Waals surface area contributed by atoms with E-state index in [1.807, 2.05) is 24.3 Å². The third-order valence-electron chi connectivity index (χ3n) is 3.17. The Kier molecular flexibility index (Phi) is 6.68. The maximum absolute atomic E-state index is 11.9. The summed E-state index contributed by atoms with van der Waals surface area (Å²) in [7, 11) is 0. The van der Waals surface area contributed by atoms with Gasteiger partial charge in [0.25, 0.3) is 0 Å². The third kappa shape index (κ3) is 4.94. The van der Waals surface area contributed by atoms with Crippen LogP contribution in [0.1, 0.15) is 37.8 Å². The van der Waals surface area contributed by atoms with Crippen LogP contribution in [0.3, 0.4) is 0 Å². The first-order valence-corrected chi connectivity index (χ1v) is 6.99. The molecule has 1 aromatic rings. The van der Waals surface area contributed by atoms with Crippen molar-refractivity contribution in [1.29, 1.82) is 0 Å². The predicted octanol–water partition coefficient (Wildman–Crippen LogP) is 1.89. The van der Waals surface area contributed by atoms with Crippen LogP contribution >= 0.6 is 0 Å². The van der Waals surface area contributed by atoms with E-state index < -0.39 is 18.0 Å². The van der Waals surface area contributed by atoms with Gasteiger partial charge < -0.3 is 14.9 Å². The Bertz CT molecular complexity index is 407. The van der Waals surface area contributed by atoms with Crippen LogP contribution in [0, 0.1) is 5.92 Å². The molecule has 0 fully saturated rings. The lowest BCUT2D eigenvalue weighted by Crippen LogP contribution is -2.27. The van der Waals surface area contributed by atoms with Crippen molar-refractivity contribution in [3.05, 3.63) is 35.4 Å². The van der Waals surface area contributed by atoms with Crippen LogP contribution in [0.4, 0.5) is 0 Å². The second-order valence-corrected chi connectivity index (χ2v) is 5.49. The van der Waals surface area contributed by atoms with Crippen LogP contribution in [0.5, 0.6) is 0 Å². The van der Waals surface area contributed by atoms with E-state index in [1.54, 1.807) is 6.92 Å². The zero-order valence-electron chi connectivity index (χ0n) is 12.4. The van der Waals surface area contributed by atoms with Gasteiger partial charge in [-0.25, -0.2) is 0 Å². The maximum atomic E-state index is 11.9. The topological polar surface area (TPSA) is 66.8 Å². The fourth-order valence-corrected chi connectivity index (χ4v) is 1.95. The molecule has 1 atom stereocenters. The quantitative estimate of drug-likeness (QED) is 0.748. The maximum Gasteiger partial charge on any atom is 0.313 e. The average Bonchev–Trinajstić information content (AvgIpc) is 2.43. The smallest absolute Gasteiger partial charge is 0.313 e. The fourth-order valence-electron chi connectivity index (χ4n) is 1.95. The summed E-state index contributed by atoms with van der Waals surface area (Å²) in [5, 5.41) is 17.8. The Morgan fingerprint density at radius 1 is 1.10 bits per heavy atom. The Labute approximate surface area is 120 Å². The lowest BCUT2D eigenvalue weighted by atomic mass is 9.97. The van der Waals surface area contributed by atoms with Crippen molar-refractivity contribution in [3.63, 3.8) is 0 Å². The van der Waals surface area contributed by atoms with Crippen LogP contribution < -0.4 is 0 Å². The summed E-state index contributed by atoms with van der Waals surface area (Å²) in [4.78, 5) is 11.9. The van der Waals surface area contributed by atoms with Gasteiger partial charge in [-0.3, -0.25) is 4.79 Å². The SMILES string of the molecule is CC(C)Cc1ccc([C@H](C)C(=O)OC(CO)CO)cc1. The van der Waals surface area contributed by atoms with E-state index in [-0.39, 0.29) is 13.2 Å². The molecule has 0 amide bonds. The second-order valence-electron chi connectivity index (χ2n) is 5.49. The minimum Gasteiger partial charge on any atom is -0.457 e. The number of carbonyl (C=O) groups excluding carboxylic acids is 1. The highest BCUT2D eigenvalue weighted by molar-refractivity contribution is 5.77. The van der Waals surface area contributed by atoms with Crippen molar-refractivity contribution in [2.75, 3.05) is 13.2 Å². The van der Waals surface area contributed by atoms with E-state index in [2.05, 4.69) is 13.8 Å². The highest BCUT2D eigenvalue weighted by Gasteiger charge is 2.20. The largest absolute Gasteiger partial charge is 0.457 e. The zero-order valence-corrected chi connectivity index (χ0v) is 12.4. The van der Waals surface area contributed by atoms with Gasteiger partial charge in [0.2, 0.25) is 0 Å². The number of aliphatic hydroxyl groups excluding tert-OH is 2. The van der Waals surface area contributed by atoms with Crippen LogP contribution in [0.2, 0.25) is 0 Å². The molecule has 0 bridgehead atoms. The minimum atomic E-state index is -0.842. The summed E-state index contributed by atoms with van der Waals surface area (Å²) < 4.78 is 5.02. The van der Waals surface area contributed by atoms with Crippen molar-refractivity contribution in [1.82, 2.24) is 0 Å². The third-order valence-corrected chi connectivity index (χ3v) is 3.17. The molecular weight excluding hydrogens is 256 g/mol. The van der Waals surface area contributed by atoms with Gasteiger partial charge in [-0.2, -0.15) is 0 Å². The number of rotatable bonds is 7. The van der Waals surface area contributed by atoms with Gasteiger partial charge in [0.1, 0.15) is 6.10 Å². The van der Waals surface area contributed by atoms with Crippen molar-refractivity contribution in [2.24, 2.45) is 5.92 Å². The molecule has 20 heavy (non-hydrogen) atoms. The molecule has 0 heterocycles. The van der Waals surface area contributed by atoms with Crippen LogP contribution in [-0.4, -0.2) is 35.5 Å². The van der Waals surface area contributed by atoms with Crippen LogP contribution in [-0.2, 0) is 16.0 Å². The summed E-state index contributed by atoms with van der Waals surface area (Å²) in [5.74, 6) is -0.253. The number of aliphatic hydroxyl groups is 2. The second kappa shape index (κ2) is 8.02. The van der Waals surface area contributed by atoms with Crippen LogP contribution in [0.15, 0.2) is 24.3 Å². The molecule has 0 unspecified atom stereocenters. The summed E-state index contributed by atoms with van der Waals surface area (Å²) in [5.41, 5.74) is 2.12. The Balaban J connectivity index is 2.67. The molecule has 112 valence electrons. The monoisotopic (exact) mass is 280 g/mol. The van der Waals surface area contributed by atoms with Gasteiger partial charge in [0.05, 0.1) is 19.1 Å². The van der Waals surface area contributed by atoms with Gasteiger partial charge in [-0.1, -0.05) is 38.1 Å². The van der Waals surface area contributed by atoms with Gasteiger partial charge in [-0.05, 0) is 30.4 Å². The lowest BCUT2D eigenvalue weighted by molar-refractivity contribution is -0.154. The molecule has 0 aliphatic carbocycles. The van der Waals surface area contributed by atoms with E-state index >= 15 is 0 Å². The zero-order chi connectivity index (χ0) is 15.1. The van der Waals surface area contributed by atoms with E-state index in [4.69, 9.17) is 14.9 Å². The molecule has 0 saturated heterocycles. The first-order chi connectivity index (χ1) is 9.47. The average molecular weight is 280 g/mol. The van der Waals surface area contributed by atoms with E-state index in [1.165, 1.54) is 5.56 Å². The summed E-state index contributed by atoms with van der Waals surface area (Å²) in [6, 6.07) is 7.90. The highest BCUT2D eigenvalue weighted by Crippen LogP contribution is 2.19. The lowest BCUT2D eigenvalue weighted by Gasteiger charge is -2.17. The van der Waals surface area contributed by atoms with Crippen molar-refractivity contribution >= 4 is 5.97 Å². The Morgan fingerprint density at radius 2 is 1.65 bits per heavy atom. The number of ether oxygens (including phenoxy) is 1. The Hall–Kier alpha value is -1.39. The van der Waals surface area contributed by atoms with Crippen molar-refractivity contribution in [2.45, 2.75) is 39.2 Å². The molecule has 2 N–H and O–H groups in total. The summed E-state index contributed by atoms with van der Waals surface area (Å²) >= 11 is 0. The molecule has 0 aliphatic heterocycles. The molecule has 0 aromatic heterocycles. The first kappa shape index (κ1) is 16.7. The van der Waals surface area contributed by atoms with Crippen molar-refractivity contribution < 1.29 is 19.7 Å². The summed E-state index contributed by atoms with van der Waals surface area (Å²) in [6.07, 6.45) is 0.168. The fraction of sp³-hybridized carbons (Fsp3) is 0.562. The number of carbonyl (C=O) groups is 1. The van der Waals surface area contributed by atoms with E-state index in [9.17, 15) is 4.79 Å². The van der Waals surface area contributed by atoms with Gasteiger partial charge in [0, 0.05) is 0 Å². The highest BCUT2D eigenvalue weighted by atomic mass is 16.6. The predicted molar refractivity (Wildman–Crippen MR) is 77.5 cm³/mol. The number of benzene rings is 1. The molecule has 4 nitrogen and oxygen atoms in total. The molecular formula is C16H24O4. The number of hydrogen-bond donors (Lipinski definition) is 2. The Morgan fingerprint density at radius 3 is 2.10 bits per heavy atom. The molecule has 1 aromatic carbocycles. The van der Waals surface area contributed by atoms with Gasteiger partial charge in [-0.15, -0.1) is 0 Å². The van der Waals surface area contributed by atoms with Gasteiger partial charge >= 0.3 is 5.97 Å². The molecule has 0 aliphatic rings. The molecule has 0 spiro atoms. The van der Waals surface area contributed by atoms with Crippen LogP contribution in [0.25, 0.3) is 0 Å². The molecule has 1 rings (SSSR count). The number of hydrogen-bond acceptors (Lipinski definition) is 4. The van der Waals surface area contributed by atoms with E-state index in [0.717, 1.165) is 12.0 Å².